The standard InChI is InChI=1S/C15H27N3O2/c1-12-10-16-7-9-18(12)14(20)17-8-4-13(19)15(11-17)5-2-3-6-15/h12-13,16,19H,2-11H2,1H3/t12-,13?/m1/s1. The first-order valence-corrected chi connectivity index (χ1v) is 8.07. The van der Waals surface area contributed by atoms with Gasteiger partial charge in [0.2, 0.25) is 0 Å². The van der Waals surface area contributed by atoms with Gasteiger partial charge in [0.25, 0.3) is 0 Å². The second-order valence-corrected chi connectivity index (χ2v) is 6.82. The van der Waals surface area contributed by atoms with E-state index in [0.29, 0.717) is 6.54 Å². The minimum atomic E-state index is -0.213. The van der Waals surface area contributed by atoms with E-state index >= 15 is 0 Å². The summed E-state index contributed by atoms with van der Waals surface area (Å²) in [5.74, 6) is 0. The number of rotatable bonds is 0. The third kappa shape index (κ3) is 2.42. The Morgan fingerprint density at radius 3 is 2.75 bits per heavy atom. The lowest BCUT2D eigenvalue weighted by Crippen LogP contribution is -2.60. The maximum Gasteiger partial charge on any atom is 0.320 e. The normalized spacial score (nSPS) is 33.7. The third-order valence-electron chi connectivity index (χ3n) is 5.50. The number of aliphatic hydroxyl groups is 1. The Morgan fingerprint density at radius 1 is 1.30 bits per heavy atom. The van der Waals surface area contributed by atoms with Crippen LogP contribution in [0.4, 0.5) is 4.79 Å². The summed E-state index contributed by atoms with van der Waals surface area (Å²) in [6, 6.07) is 0.444. The van der Waals surface area contributed by atoms with Gasteiger partial charge >= 0.3 is 6.03 Å². The van der Waals surface area contributed by atoms with Gasteiger partial charge in [-0.25, -0.2) is 4.79 Å². The second-order valence-electron chi connectivity index (χ2n) is 6.82. The predicted molar refractivity (Wildman–Crippen MR) is 77.5 cm³/mol. The summed E-state index contributed by atoms with van der Waals surface area (Å²) in [6.07, 6.45) is 5.08. The molecule has 0 aromatic rings. The van der Waals surface area contributed by atoms with E-state index in [0.717, 1.165) is 45.4 Å². The van der Waals surface area contributed by atoms with Gasteiger partial charge in [-0.15, -0.1) is 0 Å². The first kappa shape index (κ1) is 14.1. The Kier molecular flexibility index (Phi) is 3.91. The van der Waals surface area contributed by atoms with E-state index in [4.69, 9.17) is 0 Å². The fourth-order valence-corrected chi connectivity index (χ4v) is 4.19. The van der Waals surface area contributed by atoms with Crippen molar-refractivity contribution in [3.8, 4) is 0 Å². The Balaban J connectivity index is 1.69. The molecule has 2 amide bonds. The number of nitrogens with one attached hydrogen (secondary N) is 1. The predicted octanol–water partition coefficient (Wildman–Crippen LogP) is 1.03. The Bertz CT molecular complexity index is 368. The molecule has 20 heavy (non-hydrogen) atoms. The zero-order valence-corrected chi connectivity index (χ0v) is 12.5. The van der Waals surface area contributed by atoms with Crippen molar-refractivity contribution in [2.75, 3.05) is 32.7 Å². The molecule has 1 unspecified atom stereocenters. The van der Waals surface area contributed by atoms with Gasteiger partial charge in [0.1, 0.15) is 0 Å². The molecule has 3 fully saturated rings. The molecule has 0 aromatic carbocycles. The maximum absolute atomic E-state index is 12.8. The third-order valence-corrected chi connectivity index (χ3v) is 5.50. The molecule has 3 aliphatic rings. The lowest BCUT2D eigenvalue weighted by molar-refractivity contribution is -0.0354. The highest BCUT2D eigenvalue weighted by Crippen LogP contribution is 2.45. The summed E-state index contributed by atoms with van der Waals surface area (Å²) in [4.78, 5) is 16.7. The number of aliphatic hydroxyl groups excluding tert-OH is 1. The van der Waals surface area contributed by atoms with Crippen molar-refractivity contribution in [3.05, 3.63) is 0 Å². The smallest absolute Gasteiger partial charge is 0.320 e. The van der Waals surface area contributed by atoms with Crippen LogP contribution in [0.5, 0.6) is 0 Å². The molecule has 0 radical (unpaired) electrons. The minimum absolute atomic E-state index is 0.00875. The number of hydrogen-bond acceptors (Lipinski definition) is 3. The average molecular weight is 281 g/mol. The van der Waals surface area contributed by atoms with E-state index in [1.54, 1.807) is 0 Å². The lowest BCUT2D eigenvalue weighted by atomic mass is 9.76. The van der Waals surface area contributed by atoms with Crippen LogP contribution in [0.15, 0.2) is 0 Å². The summed E-state index contributed by atoms with van der Waals surface area (Å²) in [7, 11) is 0. The van der Waals surface area contributed by atoms with Gasteiger partial charge in [-0.2, -0.15) is 0 Å². The van der Waals surface area contributed by atoms with Crippen LogP contribution in [0.3, 0.4) is 0 Å². The van der Waals surface area contributed by atoms with Crippen molar-refractivity contribution in [3.63, 3.8) is 0 Å². The van der Waals surface area contributed by atoms with Gasteiger partial charge in [0, 0.05) is 44.2 Å². The van der Waals surface area contributed by atoms with Crippen LogP contribution in [0.1, 0.15) is 39.0 Å². The fourth-order valence-electron chi connectivity index (χ4n) is 4.19. The van der Waals surface area contributed by atoms with Crippen molar-refractivity contribution < 1.29 is 9.90 Å². The van der Waals surface area contributed by atoms with Crippen LogP contribution in [-0.2, 0) is 0 Å². The van der Waals surface area contributed by atoms with Crippen LogP contribution in [-0.4, -0.2) is 65.8 Å². The van der Waals surface area contributed by atoms with Gasteiger partial charge < -0.3 is 20.2 Å². The average Bonchev–Trinajstić information content (AvgIpc) is 2.91. The molecule has 2 atom stereocenters. The van der Waals surface area contributed by atoms with E-state index in [-0.39, 0.29) is 23.6 Å². The summed E-state index contributed by atoms with van der Waals surface area (Å²) in [5, 5.41) is 13.7. The van der Waals surface area contributed by atoms with Crippen LogP contribution >= 0.6 is 0 Å². The molecule has 5 heteroatoms. The molecule has 2 saturated heterocycles. The second kappa shape index (κ2) is 5.53. The number of likely N-dealkylation sites (tertiary alicyclic amines) is 1. The monoisotopic (exact) mass is 281 g/mol. The molecular formula is C15H27N3O2. The summed E-state index contributed by atoms with van der Waals surface area (Å²) in [6.45, 7) is 6.13. The van der Waals surface area contributed by atoms with Gasteiger partial charge in [-0.05, 0) is 26.2 Å². The maximum atomic E-state index is 12.8. The first-order chi connectivity index (χ1) is 9.62. The molecule has 3 rings (SSSR count). The molecule has 2 N–H and O–H groups in total. The van der Waals surface area contributed by atoms with E-state index in [9.17, 15) is 9.90 Å². The highest BCUT2D eigenvalue weighted by molar-refractivity contribution is 5.75. The zero-order valence-electron chi connectivity index (χ0n) is 12.5. The van der Waals surface area contributed by atoms with Crippen molar-refractivity contribution in [1.29, 1.82) is 0 Å². The molecule has 0 aromatic heterocycles. The Hall–Kier alpha value is -0.810. The summed E-state index contributed by atoms with van der Waals surface area (Å²) in [5.41, 5.74) is -0.00875. The van der Waals surface area contributed by atoms with Crippen molar-refractivity contribution >= 4 is 6.03 Å². The van der Waals surface area contributed by atoms with Crippen molar-refractivity contribution in [2.24, 2.45) is 5.41 Å². The summed E-state index contributed by atoms with van der Waals surface area (Å²) < 4.78 is 0. The Morgan fingerprint density at radius 2 is 2.05 bits per heavy atom. The number of amides is 2. The number of carbonyl (C=O) groups is 1. The minimum Gasteiger partial charge on any atom is -0.392 e. The van der Waals surface area contributed by atoms with Gasteiger partial charge in [0.05, 0.1) is 6.10 Å². The number of carbonyl (C=O) groups excluding carboxylic acids is 1. The largest absolute Gasteiger partial charge is 0.392 e. The van der Waals surface area contributed by atoms with Crippen LogP contribution in [0.25, 0.3) is 0 Å². The molecule has 1 spiro atoms. The summed E-state index contributed by atoms with van der Waals surface area (Å²) >= 11 is 0. The number of hydrogen-bond donors (Lipinski definition) is 2. The van der Waals surface area contributed by atoms with E-state index in [2.05, 4.69) is 12.2 Å². The van der Waals surface area contributed by atoms with Crippen LogP contribution < -0.4 is 5.32 Å². The number of piperazine rings is 1. The zero-order chi connectivity index (χ0) is 14.2. The van der Waals surface area contributed by atoms with Crippen LogP contribution in [0, 0.1) is 5.41 Å². The number of piperidine rings is 1. The fraction of sp³-hybridized carbons (Fsp3) is 0.933. The van der Waals surface area contributed by atoms with Gasteiger partial charge in [-0.1, -0.05) is 12.8 Å². The molecule has 1 saturated carbocycles. The molecule has 0 bridgehead atoms. The van der Waals surface area contributed by atoms with Gasteiger partial charge in [-0.3, -0.25) is 0 Å². The van der Waals surface area contributed by atoms with Crippen molar-refractivity contribution in [1.82, 2.24) is 15.1 Å². The Labute approximate surface area is 121 Å². The highest BCUT2D eigenvalue weighted by atomic mass is 16.3. The molecular weight excluding hydrogens is 254 g/mol. The molecule has 2 aliphatic heterocycles. The van der Waals surface area contributed by atoms with E-state index in [1.807, 2.05) is 9.80 Å². The highest BCUT2D eigenvalue weighted by Gasteiger charge is 2.46. The van der Waals surface area contributed by atoms with Crippen LogP contribution in [0.2, 0.25) is 0 Å². The molecule has 114 valence electrons. The lowest BCUT2D eigenvalue weighted by Gasteiger charge is -2.46. The van der Waals surface area contributed by atoms with Crippen molar-refractivity contribution in [2.45, 2.75) is 51.2 Å². The van der Waals surface area contributed by atoms with E-state index < -0.39 is 0 Å². The number of nitrogens with zero attached hydrogens (tertiary/aromatic N) is 2. The SMILES string of the molecule is C[C@@H]1CNCCN1C(=O)N1CCC(O)C2(CCCC2)C1. The topological polar surface area (TPSA) is 55.8 Å². The quantitative estimate of drug-likeness (QED) is 0.697. The van der Waals surface area contributed by atoms with E-state index in [1.165, 1.54) is 12.8 Å². The molecule has 1 aliphatic carbocycles. The molecule has 2 heterocycles. The van der Waals surface area contributed by atoms with Gasteiger partial charge in [0.15, 0.2) is 0 Å². The molecule has 5 nitrogen and oxygen atoms in total. The number of urea groups is 1. The first-order valence-electron chi connectivity index (χ1n) is 8.07.